The van der Waals surface area contributed by atoms with Crippen LogP contribution in [0.15, 0.2) is 70.5 Å². The van der Waals surface area contributed by atoms with Crippen LogP contribution in [0, 0.1) is 7.14 Å². The van der Waals surface area contributed by atoms with Crippen LogP contribution in [0.2, 0.25) is 5.02 Å². The van der Waals surface area contributed by atoms with Crippen molar-refractivity contribution in [2.75, 3.05) is 5.32 Å². The molecule has 3 nitrogen and oxygen atoms in total. The molecule has 1 N–H and O–H groups in total. The third-order valence-corrected chi connectivity index (χ3v) is 7.30. The predicted molar refractivity (Wildman–Crippen MR) is 137 cm³/mol. The first-order valence-corrected chi connectivity index (χ1v) is 12.0. The van der Waals surface area contributed by atoms with Gasteiger partial charge in [0.15, 0.2) is 0 Å². The standard InChI is InChI=1S/C22H14ClI2NO2S/c23-15-6-2-1-5-14(15)12-28-21-16(24)9-13(10-17(21)25)11-20-22(27)26-18-7-3-4-8-19(18)29-20/h1-11H,12H2,(H,26,27)/b20-11-. The van der Waals surface area contributed by atoms with Crippen LogP contribution in [0.5, 0.6) is 5.75 Å². The number of rotatable bonds is 4. The van der Waals surface area contributed by atoms with E-state index in [0.717, 1.165) is 34.6 Å². The zero-order valence-corrected chi connectivity index (χ0v) is 20.8. The lowest BCUT2D eigenvalue weighted by atomic mass is 10.2. The number of thioether (sulfide) groups is 1. The number of halogens is 3. The highest BCUT2D eigenvalue weighted by Crippen LogP contribution is 2.39. The summed E-state index contributed by atoms with van der Waals surface area (Å²) in [4.78, 5) is 14.2. The Morgan fingerprint density at radius 3 is 2.48 bits per heavy atom. The number of amides is 1. The van der Waals surface area contributed by atoms with E-state index in [0.29, 0.717) is 16.5 Å². The van der Waals surface area contributed by atoms with E-state index in [9.17, 15) is 4.79 Å². The molecule has 0 radical (unpaired) electrons. The molecule has 3 aromatic carbocycles. The fraction of sp³-hybridized carbons (Fsp3) is 0.0455. The van der Waals surface area contributed by atoms with Crippen molar-refractivity contribution < 1.29 is 9.53 Å². The molecule has 29 heavy (non-hydrogen) atoms. The van der Waals surface area contributed by atoms with Crippen LogP contribution in [-0.4, -0.2) is 5.91 Å². The van der Waals surface area contributed by atoms with Crippen molar-refractivity contribution >= 4 is 86.2 Å². The van der Waals surface area contributed by atoms with Gasteiger partial charge in [0.25, 0.3) is 5.91 Å². The molecule has 1 aliphatic rings. The Kier molecular flexibility index (Phi) is 6.73. The number of anilines is 1. The van der Waals surface area contributed by atoms with Crippen LogP contribution in [-0.2, 0) is 11.4 Å². The van der Waals surface area contributed by atoms with Crippen molar-refractivity contribution in [1.82, 2.24) is 0 Å². The van der Waals surface area contributed by atoms with Gasteiger partial charge in [-0.3, -0.25) is 4.79 Å². The number of hydrogen-bond acceptors (Lipinski definition) is 3. The fourth-order valence-electron chi connectivity index (χ4n) is 2.82. The summed E-state index contributed by atoms with van der Waals surface area (Å²) in [5, 5.41) is 3.64. The summed E-state index contributed by atoms with van der Waals surface area (Å²) < 4.78 is 8.01. The van der Waals surface area contributed by atoms with E-state index < -0.39 is 0 Å². The normalized spacial score (nSPS) is 14.4. The van der Waals surface area contributed by atoms with Gasteiger partial charge in [-0.2, -0.15) is 0 Å². The quantitative estimate of drug-likeness (QED) is 0.241. The molecule has 1 heterocycles. The second-order valence-corrected chi connectivity index (χ2v) is 10.1. The Labute approximate surface area is 205 Å². The molecule has 0 bridgehead atoms. The zero-order chi connectivity index (χ0) is 20.4. The van der Waals surface area contributed by atoms with Gasteiger partial charge < -0.3 is 10.1 Å². The van der Waals surface area contributed by atoms with Crippen LogP contribution in [0.25, 0.3) is 6.08 Å². The number of para-hydroxylation sites is 1. The molecular weight excluding hydrogens is 632 g/mol. The molecule has 3 aromatic rings. The summed E-state index contributed by atoms with van der Waals surface area (Å²) in [5.74, 6) is 0.733. The lowest BCUT2D eigenvalue weighted by Gasteiger charge is -2.18. The van der Waals surface area contributed by atoms with Crippen LogP contribution in [0.4, 0.5) is 5.69 Å². The molecule has 4 rings (SSSR count). The number of nitrogens with one attached hydrogen (secondary N) is 1. The third-order valence-electron chi connectivity index (χ3n) is 4.23. The molecule has 0 atom stereocenters. The summed E-state index contributed by atoms with van der Waals surface area (Å²) in [6, 6.07) is 19.5. The van der Waals surface area contributed by atoms with Gasteiger partial charge in [0.2, 0.25) is 0 Å². The first kappa shape index (κ1) is 21.0. The van der Waals surface area contributed by atoms with E-state index in [1.807, 2.05) is 66.7 Å². The molecule has 1 aliphatic heterocycles. The minimum absolute atomic E-state index is 0.0854. The molecule has 0 aliphatic carbocycles. The van der Waals surface area contributed by atoms with Crippen molar-refractivity contribution in [2.24, 2.45) is 0 Å². The van der Waals surface area contributed by atoms with E-state index in [2.05, 4.69) is 50.5 Å². The van der Waals surface area contributed by atoms with E-state index in [1.54, 1.807) is 0 Å². The van der Waals surface area contributed by atoms with Gasteiger partial charge in [-0.15, -0.1) is 0 Å². The maximum absolute atomic E-state index is 12.4. The SMILES string of the molecule is O=C1Nc2ccccc2S/C1=C\c1cc(I)c(OCc2ccccc2Cl)c(I)c1. The maximum atomic E-state index is 12.4. The first-order chi connectivity index (χ1) is 14.0. The predicted octanol–water partition coefficient (Wildman–Crippen LogP) is 7.21. The number of hydrogen-bond donors (Lipinski definition) is 1. The zero-order valence-electron chi connectivity index (χ0n) is 14.9. The molecular formula is C22H14ClI2NO2S. The molecule has 0 spiro atoms. The van der Waals surface area contributed by atoms with Gasteiger partial charge >= 0.3 is 0 Å². The summed E-state index contributed by atoms with van der Waals surface area (Å²) in [6.07, 6.45) is 1.91. The lowest BCUT2D eigenvalue weighted by molar-refractivity contribution is -0.112. The topological polar surface area (TPSA) is 38.3 Å². The van der Waals surface area contributed by atoms with Crippen molar-refractivity contribution in [3.05, 3.63) is 88.9 Å². The summed E-state index contributed by atoms with van der Waals surface area (Å²) in [6.45, 7) is 0.404. The Balaban J connectivity index is 1.56. The molecule has 7 heteroatoms. The minimum Gasteiger partial charge on any atom is -0.487 e. The van der Waals surface area contributed by atoms with Crippen LogP contribution in [0.3, 0.4) is 0 Å². The second-order valence-electron chi connectivity index (χ2n) is 6.25. The molecule has 146 valence electrons. The molecule has 0 saturated carbocycles. The summed E-state index contributed by atoms with van der Waals surface area (Å²) >= 11 is 12.2. The van der Waals surface area contributed by atoms with Crippen LogP contribution < -0.4 is 10.1 Å². The number of fused-ring (bicyclic) bond motifs is 1. The van der Waals surface area contributed by atoms with Gasteiger partial charge in [0.05, 0.1) is 17.7 Å². The third kappa shape index (κ3) is 4.92. The lowest BCUT2D eigenvalue weighted by Crippen LogP contribution is -2.17. The average molecular weight is 646 g/mol. The van der Waals surface area contributed by atoms with E-state index >= 15 is 0 Å². The monoisotopic (exact) mass is 645 g/mol. The van der Waals surface area contributed by atoms with Gasteiger partial charge in [-0.1, -0.05) is 53.7 Å². The largest absolute Gasteiger partial charge is 0.487 e. The van der Waals surface area contributed by atoms with Crippen molar-refractivity contribution in [2.45, 2.75) is 11.5 Å². The van der Waals surface area contributed by atoms with Crippen molar-refractivity contribution in [1.29, 1.82) is 0 Å². The molecule has 0 saturated heterocycles. The highest BCUT2D eigenvalue weighted by Gasteiger charge is 2.21. The number of carbonyl (C=O) groups excluding carboxylic acids is 1. The van der Waals surface area contributed by atoms with E-state index in [4.69, 9.17) is 16.3 Å². The summed E-state index contributed by atoms with van der Waals surface area (Å²) in [7, 11) is 0. The van der Waals surface area contributed by atoms with Gasteiger partial charge in [-0.05, 0) is 87.2 Å². The van der Waals surface area contributed by atoms with E-state index in [-0.39, 0.29) is 5.91 Å². The van der Waals surface area contributed by atoms with Crippen LogP contribution >= 0.6 is 68.5 Å². The highest BCUT2D eigenvalue weighted by molar-refractivity contribution is 14.1. The Morgan fingerprint density at radius 2 is 1.72 bits per heavy atom. The van der Waals surface area contributed by atoms with E-state index in [1.165, 1.54) is 11.8 Å². The van der Waals surface area contributed by atoms with Crippen molar-refractivity contribution in [3.63, 3.8) is 0 Å². The average Bonchev–Trinajstić information content (AvgIpc) is 2.69. The Bertz CT molecular complexity index is 1110. The van der Waals surface area contributed by atoms with Crippen molar-refractivity contribution in [3.8, 4) is 5.75 Å². The second kappa shape index (κ2) is 9.28. The Hall–Kier alpha value is -1.23. The highest BCUT2D eigenvalue weighted by atomic mass is 127. The fourth-order valence-corrected chi connectivity index (χ4v) is 6.09. The maximum Gasteiger partial charge on any atom is 0.262 e. The molecule has 0 aromatic heterocycles. The Morgan fingerprint density at radius 1 is 1.03 bits per heavy atom. The number of benzene rings is 3. The van der Waals surface area contributed by atoms with Crippen LogP contribution in [0.1, 0.15) is 11.1 Å². The smallest absolute Gasteiger partial charge is 0.262 e. The van der Waals surface area contributed by atoms with Gasteiger partial charge in [-0.25, -0.2) is 0 Å². The first-order valence-electron chi connectivity index (χ1n) is 8.66. The molecule has 0 fully saturated rings. The number of ether oxygens (including phenoxy) is 1. The van der Waals surface area contributed by atoms with Gasteiger partial charge in [0, 0.05) is 15.5 Å². The minimum atomic E-state index is -0.0854. The summed E-state index contributed by atoms with van der Waals surface area (Å²) in [5.41, 5.74) is 2.76. The number of carbonyl (C=O) groups is 1. The molecule has 0 unspecified atom stereocenters. The molecule has 1 amide bonds. The van der Waals surface area contributed by atoms with Gasteiger partial charge in [0.1, 0.15) is 12.4 Å².